The van der Waals surface area contributed by atoms with Gasteiger partial charge in [0, 0.05) is 35.7 Å². The summed E-state index contributed by atoms with van der Waals surface area (Å²) in [5.41, 5.74) is -0.000766. The molecule has 1 N–H and O–H groups in total. The quantitative estimate of drug-likeness (QED) is 0.884. The number of aryl methyl sites for hydroxylation is 1. The highest BCUT2D eigenvalue weighted by Gasteiger charge is 2.09. The summed E-state index contributed by atoms with van der Waals surface area (Å²) >= 11 is 0. The minimum Gasteiger partial charge on any atom is -0.478 e. The van der Waals surface area contributed by atoms with Crippen LogP contribution in [-0.2, 0) is 4.79 Å². The zero-order valence-electron chi connectivity index (χ0n) is 11.0. The molecule has 0 radical (unpaired) electrons. The van der Waals surface area contributed by atoms with Crippen molar-refractivity contribution in [2.75, 3.05) is 0 Å². The number of hydrogen-bond donors (Lipinski definition) is 1. The smallest absolute Gasteiger partial charge is 0.328 e. The van der Waals surface area contributed by atoms with Crippen molar-refractivity contribution in [1.29, 1.82) is 0 Å². The van der Waals surface area contributed by atoms with Gasteiger partial charge in [0.1, 0.15) is 11.6 Å². The molecule has 0 aliphatic rings. The highest BCUT2D eigenvalue weighted by molar-refractivity contribution is 5.85. The largest absolute Gasteiger partial charge is 0.478 e. The third-order valence-corrected chi connectivity index (χ3v) is 2.85. The lowest BCUT2D eigenvalue weighted by Crippen LogP contribution is -2.12. The number of hydrogen-bond acceptors (Lipinski definition) is 2. The first-order valence-electron chi connectivity index (χ1n) is 5.98. The molecule has 0 saturated heterocycles. The standard InChI is InChI=1S/C15H11F2NO3/c1-9-6-14(19)10(2-5-15(20)21)8-18(9)13-7-11(16)3-4-12(13)17/h2-8H,1H3,(H,20,21)/b5-2+. The zero-order valence-corrected chi connectivity index (χ0v) is 11.0. The van der Waals surface area contributed by atoms with E-state index >= 15 is 0 Å². The second-order valence-corrected chi connectivity index (χ2v) is 4.37. The Labute approximate surface area is 118 Å². The van der Waals surface area contributed by atoms with Gasteiger partial charge in [-0.2, -0.15) is 0 Å². The maximum Gasteiger partial charge on any atom is 0.328 e. The SMILES string of the molecule is Cc1cc(=O)c(/C=C/C(=O)O)cn1-c1cc(F)ccc1F. The van der Waals surface area contributed by atoms with E-state index in [1.807, 2.05) is 0 Å². The molecule has 1 aromatic carbocycles. The van der Waals surface area contributed by atoms with Gasteiger partial charge >= 0.3 is 5.97 Å². The number of carboxylic acid groups (broad SMARTS) is 1. The Bertz CT molecular complexity index is 794. The second kappa shape index (κ2) is 5.70. The number of carboxylic acids is 1. The molecule has 2 rings (SSSR count). The van der Waals surface area contributed by atoms with Crippen molar-refractivity contribution in [2.24, 2.45) is 0 Å². The molecule has 0 atom stereocenters. The summed E-state index contributed by atoms with van der Waals surface area (Å²) in [7, 11) is 0. The minimum atomic E-state index is -1.21. The molecule has 0 aliphatic heterocycles. The van der Waals surface area contributed by atoms with E-state index in [1.54, 1.807) is 6.92 Å². The summed E-state index contributed by atoms with van der Waals surface area (Å²) in [4.78, 5) is 22.3. The molecule has 0 saturated carbocycles. The van der Waals surface area contributed by atoms with Crippen molar-refractivity contribution in [3.05, 3.63) is 69.7 Å². The van der Waals surface area contributed by atoms with Crippen LogP contribution in [0.5, 0.6) is 0 Å². The van der Waals surface area contributed by atoms with Gasteiger partial charge in [-0.3, -0.25) is 4.79 Å². The van der Waals surface area contributed by atoms with Crippen molar-refractivity contribution in [3.8, 4) is 5.69 Å². The molecule has 0 amide bonds. The molecule has 0 aliphatic carbocycles. The average molecular weight is 291 g/mol. The molecule has 1 aromatic heterocycles. The molecule has 0 unspecified atom stereocenters. The molecule has 0 fully saturated rings. The fourth-order valence-corrected chi connectivity index (χ4v) is 1.86. The van der Waals surface area contributed by atoms with Crippen LogP contribution >= 0.6 is 0 Å². The highest BCUT2D eigenvalue weighted by atomic mass is 19.1. The van der Waals surface area contributed by atoms with Crippen molar-refractivity contribution in [2.45, 2.75) is 6.92 Å². The van der Waals surface area contributed by atoms with Crippen LogP contribution < -0.4 is 5.43 Å². The minimum absolute atomic E-state index is 0.0579. The third kappa shape index (κ3) is 3.22. The summed E-state index contributed by atoms with van der Waals surface area (Å²) in [6.07, 6.45) is 3.19. The second-order valence-electron chi connectivity index (χ2n) is 4.37. The van der Waals surface area contributed by atoms with Gasteiger partial charge in [-0.1, -0.05) is 0 Å². The van der Waals surface area contributed by atoms with Crippen LogP contribution in [0.4, 0.5) is 8.78 Å². The fourth-order valence-electron chi connectivity index (χ4n) is 1.86. The fraction of sp³-hybridized carbons (Fsp3) is 0.0667. The number of carbonyl (C=O) groups is 1. The Morgan fingerprint density at radius 3 is 2.67 bits per heavy atom. The van der Waals surface area contributed by atoms with Crippen molar-refractivity contribution in [1.82, 2.24) is 4.57 Å². The summed E-state index contributed by atoms with van der Waals surface area (Å²) in [6, 6.07) is 4.19. The molecular weight excluding hydrogens is 280 g/mol. The first kappa shape index (κ1) is 14.6. The normalized spacial score (nSPS) is 11.0. The number of pyridine rings is 1. The lowest BCUT2D eigenvalue weighted by Gasteiger charge is -2.12. The van der Waals surface area contributed by atoms with E-state index < -0.39 is 23.0 Å². The first-order chi connectivity index (χ1) is 9.88. The van der Waals surface area contributed by atoms with Crippen LogP contribution in [0.25, 0.3) is 11.8 Å². The van der Waals surface area contributed by atoms with Gasteiger partial charge in [-0.15, -0.1) is 0 Å². The Hall–Kier alpha value is -2.76. The van der Waals surface area contributed by atoms with E-state index in [9.17, 15) is 18.4 Å². The van der Waals surface area contributed by atoms with Crippen LogP contribution in [0.2, 0.25) is 0 Å². The zero-order chi connectivity index (χ0) is 15.6. The predicted octanol–water partition coefficient (Wildman–Crippen LogP) is 2.52. The van der Waals surface area contributed by atoms with E-state index in [0.29, 0.717) is 5.69 Å². The van der Waals surface area contributed by atoms with Crippen LogP contribution in [0.3, 0.4) is 0 Å². The van der Waals surface area contributed by atoms with Gasteiger partial charge in [0.25, 0.3) is 0 Å². The van der Waals surface area contributed by atoms with Gasteiger partial charge in [-0.25, -0.2) is 13.6 Å². The van der Waals surface area contributed by atoms with E-state index in [1.165, 1.54) is 16.8 Å². The molecule has 0 spiro atoms. The number of aliphatic carboxylic acids is 1. The molecule has 21 heavy (non-hydrogen) atoms. The summed E-state index contributed by atoms with van der Waals surface area (Å²) < 4.78 is 28.4. The summed E-state index contributed by atoms with van der Waals surface area (Å²) in [6.45, 7) is 1.57. The number of nitrogens with zero attached hydrogens (tertiary/aromatic N) is 1. The number of rotatable bonds is 3. The number of aromatic nitrogens is 1. The predicted molar refractivity (Wildman–Crippen MR) is 73.4 cm³/mol. The molecule has 1 heterocycles. The van der Waals surface area contributed by atoms with Crippen LogP contribution in [0.15, 0.2) is 41.3 Å². The highest BCUT2D eigenvalue weighted by Crippen LogP contribution is 2.17. The van der Waals surface area contributed by atoms with Crippen LogP contribution in [0.1, 0.15) is 11.3 Å². The molecule has 108 valence electrons. The monoisotopic (exact) mass is 291 g/mol. The van der Waals surface area contributed by atoms with Crippen molar-refractivity contribution in [3.63, 3.8) is 0 Å². The lowest BCUT2D eigenvalue weighted by atomic mass is 10.2. The van der Waals surface area contributed by atoms with Gasteiger partial charge in [-0.05, 0) is 25.1 Å². The van der Waals surface area contributed by atoms with Crippen molar-refractivity contribution >= 4 is 12.0 Å². The average Bonchev–Trinajstić information content (AvgIpc) is 2.41. The topological polar surface area (TPSA) is 59.3 Å². The van der Waals surface area contributed by atoms with E-state index in [2.05, 4.69) is 0 Å². The van der Waals surface area contributed by atoms with Crippen LogP contribution in [-0.4, -0.2) is 15.6 Å². The molecule has 4 nitrogen and oxygen atoms in total. The van der Waals surface area contributed by atoms with Gasteiger partial charge in [0.2, 0.25) is 0 Å². The Morgan fingerprint density at radius 1 is 1.29 bits per heavy atom. The Kier molecular flexibility index (Phi) is 3.98. The maximum atomic E-state index is 13.8. The van der Waals surface area contributed by atoms with Gasteiger partial charge in [0.05, 0.1) is 5.69 Å². The van der Waals surface area contributed by atoms with Crippen molar-refractivity contribution < 1.29 is 18.7 Å². The lowest BCUT2D eigenvalue weighted by molar-refractivity contribution is -0.131. The van der Waals surface area contributed by atoms with E-state index in [4.69, 9.17) is 5.11 Å². The Balaban J connectivity index is 2.64. The molecular formula is C15H11F2NO3. The van der Waals surface area contributed by atoms with E-state index in [-0.39, 0.29) is 11.3 Å². The van der Waals surface area contributed by atoms with E-state index in [0.717, 1.165) is 30.4 Å². The first-order valence-corrected chi connectivity index (χ1v) is 5.98. The Morgan fingerprint density at radius 2 is 2.00 bits per heavy atom. The molecule has 0 bridgehead atoms. The third-order valence-electron chi connectivity index (χ3n) is 2.85. The number of halogens is 2. The van der Waals surface area contributed by atoms with Gasteiger partial charge in [0.15, 0.2) is 5.43 Å². The molecule has 2 aromatic rings. The maximum absolute atomic E-state index is 13.8. The summed E-state index contributed by atoms with van der Waals surface area (Å²) in [5, 5.41) is 8.58. The number of benzene rings is 1. The van der Waals surface area contributed by atoms with Gasteiger partial charge < -0.3 is 9.67 Å². The molecule has 6 heteroatoms. The summed E-state index contributed by atoms with van der Waals surface area (Å²) in [5.74, 6) is -2.48. The van der Waals surface area contributed by atoms with Crippen LogP contribution in [0, 0.1) is 18.6 Å².